The van der Waals surface area contributed by atoms with E-state index >= 15 is 0 Å². The number of hydrogen-bond donors (Lipinski definition) is 4. The van der Waals surface area contributed by atoms with Crippen LogP contribution in [-0.4, -0.2) is 34.0 Å². The number of carboxylic acid groups (broad SMARTS) is 1. The van der Waals surface area contributed by atoms with Crippen molar-refractivity contribution in [3.05, 3.63) is 59.7 Å². The van der Waals surface area contributed by atoms with Crippen LogP contribution in [0.15, 0.2) is 48.5 Å². The molecule has 126 valence electrons. The molecule has 0 radical (unpaired) electrons. The summed E-state index contributed by atoms with van der Waals surface area (Å²) in [5, 5.41) is 21.1. The number of aliphatic carboxylic acids is 1. The molecular weight excluding hydrogens is 308 g/mol. The van der Waals surface area contributed by atoms with Gasteiger partial charge in [0.25, 0.3) is 0 Å². The van der Waals surface area contributed by atoms with Gasteiger partial charge in [0.05, 0.1) is 6.04 Å². The molecule has 0 aliphatic rings. The Balaban J connectivity index is 2.16. The zero-order valence-corrected chi connectivity index (χ0v) is 13.3. The smallest absolute Gasteiger partial charge is 0.325 e. The molecule has 6 heteroatoms. The topological polar surface area (TPSA) is 113 Å². The van der Waals surface area contributed by atoms with Gasteiger partial charge in [-0.15, -0.1) is 0 Å². The lowest BCUT2D eigenvalue weighted by Gasteiger charge is -2.17. The SMILES string of the molecule is CC(Nc1ccccc1C(=O)C(N)Cc1ccc(O)cc1)C(=O)O. The van der Waals surface area contributed by atoms with Crippen molar-refractivity contribution in [3.8, 4) is 5.75 Å². The molecule has 0 aliphatic carbocycles. The maximum absolute atomic E-state index is 12.6. The van der Waals surface area contributed by atoms with Crippen molar-refractivity contribution in [2.45, 2.75) is 25.4 Å². The van der Waals surface area contributed by atoms with Gasteiger partial charge in [0.15, 0.2) is 5.78 Å². The summed E-state index contributed by atoms with van der Waals surface area (Å²) in [4.78, 5) is 23.6. The van der Waals surface area contributed by atoms with Gasteiger partial charge >= 0.3 is 5.97 Å². The summed E-state index contributed by atoms with van der Waals surface area (Å²) in [5.74, 6) is -1.13. The number of carbonyl (C=O) groups excluding carboxylic acids is 1. The number of benzene rings is 2. The van der Waals surface area contributed by atoms with Crippen LogP contribution < -0.4 is 11.1 Å². The van der Waals surface area contributed by atoms with Gasteiger partial charge in [0.1, 0.15) is 11.8 Å². The number of carboxylic acids is 1. The standard InChI is InChI=1S/C18H20N2O4/c1-11(18(23)24)20-16-5-3-2-4-14(16)17(22)15(19)10-12-6-8-13(21)9-7-12/h2-9,11,15,20-21H,10,19H2,1H3,(H,23,24). The quantitative estimate of drug-likeness (QED) is 0.579. The molecule has 2 atom stereocenters. The minimum Gasteiger partial charge on any atom is -0.508 e. The highest BCUT2D eigenvalue weighted by Gasteiger charge is 2.21. The van der Waals surface area contributed by atoms with E-state index in [0.717, 1.165) is 5.56 Å². The molecule has 2 unspecified atom stereocenters. The van der Waals surface area contributed by atoms with Gasteiger partial charge in [-0.25, -0.2) is 0 Å². The third-order valence-electron chi connectivity index (χ3n) is 3.66. The number of para-hydroxylation sites is 1. The van der Waals surface area contributed by atoms with Gasteiger partial charge in [-0.05, 0) is 43.2 Å². The zero-order chi connectivity index (χ0) is 17.7. The van der Waals surface area contributed by atoms with E-state index in [4.69, 9.17) is 10.8 Å². The molecule has 2 aromatic rings. The number of phenols is 1. The average Bonchev–Trinajstić information content (AvgIpc) is 2.56. The van der Waals surface area contributed by atoms with Crippen molar-refractivity contribution in [2.24, 2.45) is 5.73 Å². The molecule has 0 aliphatic heterocycles. The highest BCUT2D eigenvalue weighted by molar-refractivity contribution is 6.05. The molecule has 0 fully saturated rings. The minimum atomic E-state index is -1.01. The number of ketones is 1. The fourth-order valence-electron chi connectivity index (χ4n) is 2.30. The molecule has 2 rings (SSSR count). The third kappa shape index (κ3) is 4.33. The second-order valence-electron chi connectivity index (χ2n) is 5.59. The highest BCUT2D eigenvalue weighted by atomic mass is 16.4. The molecule has 0 aromatic heterocycles. The van der Waals surface area contributed by atoms with E-state index in [0.29, 0.717) is 17.7 Å². The fourth-order valence-corrected chi connectivity index (χ4v) is 2.30. The Labute approximate surface area is 139 Å². The normalized spacial score (nSPS) is 13.1. The Morgan fingerprint density at radius 2 is 1.75 bits per heavy atom. The van der Waals surface area contributed by atoms with E-state index < -0.39 is 18.1 Å². The zero-order valence-electron chi connectivity index (χ0n) is 13.3. The van der Waals surface area contributed by atoms with Gasteiger partial charge in [0.2, 0.25) is 0 Å². The molecule has 0 bridgehead atoms. The van der Waals surface area contributed by atoms with E-state index in [1.807, 2.05) is 0 Å². The van der Waals surface area contributed by atoms with Crippen LogP contribution in [0.3, 0.4) is 0 Å². The van der Waals surface area contributed by atoms with E-state index in [1.165, 1.54) is 19.1 Å². The number of anilines is 1. The number of Topliss-reactive ketones (excluding diaryl/α,β-unsaturated/α-hetero) is 1. The van der Waals surface area contributed by atoms with Crippen molar-refractivity contribution in [1.82, 2.24) is 0 Å². The minimum absolute atomic E-state index is 0.149. The first kappa shape index (κ1) is 17.5. The lowest BCUT2D eigenvalue weighted by atomic mass is 9.97. The number of phenolic OH excluding ortho intramolecular Hbond substituents is 1. The number of aromatic hydroxyl groups is 1. The number of rotatable bonds is 7. The summed E-state index contributed by atoms with van der Waals surface area (Å²) in [6.45, 7) is 1.50. The van der Waals surface area contributed by atoms with Crippen LogP contribution in [0.2, 0.25) is 0 Å². The molecule has 0 saturated heterocycles. The fraction of sp³-hybridized carbons (Fsp3) is 0.222. The molecule has 0 heterocycles. The number of nitrogens with two attached hydrogens (primary N) is 1. The molecule has 2 aromatic carbocycles. The van der Waals surface area contributed by atoms with Crippen LogP contribution in [-0.2, 0) is 11.2 Å². The second kappa shape index (κ2) is 7.61. The molecule has 0 saturated carbocycles. The van der Waals surface area contributed by atoms with Crippen LogP contribution in [0.4, 0.5) is 5.69 Å². The van der Waals surface area contributed by atoms with Gasteiger partial charge in [-0.2, -0.15) is 0 Å². The predicted octanol–water partition coefficient (Wildman–Crippen LogP) is 2.03. The van der Waals surface area contributed by atoms with Crippen LogP contribution in [0.5, 0.6) is 5.75 Å². The molecule has 6 nitrogen and oxygen atoms in total. The largest absolute Gasteiger partial charge is 0.508 e. The van der Waals surface area contributed by atoms with Gasteiger partial charge in [0, 0.05) is 11.3 Å². The van der Waals surface area contributed by atoms with Gasteiger partial charge in [-0.1, -0.05) is 24.3 Å². The lowest BCUT2D eigenvalue weighted by Crippen LogP contribution is -2.34. The van der Waals surface area contributed by atoms with E-state index in [-0.39, 0.29) is 11.5 Å². The van der Waals surface area contributed by atoms with Crippen molar-refractivity contribution >= 4 is 17.4 Å². The average molecular weight is 328 g/mol. The van der Waals surface area contributed by atoms with Gasteiger partial charge in [-0.3, -0.25) is 9.59 Å². The summed E-state index contributed by atoms with van der Waals surface area (Å²) >= 11 is 0. The molecule has 0 amide bonds. The molecule has 24 heavy (non-hydrogen) atoms. The highest BCUT2D eigenvalue weighted by Crippen LogP contribution is 2.19. The summed E-state index contributed by atoms with van der Waals surface area (Å²) < 4.78 is 0. The van der Waals surface area contributed by atoms with Crippen molar-refractivity contribution < 1.29 is 19.8 Å². The van der Waals surface area contributed by atoms with Crippen LogP contribution >= 0.6 is 0 Å². The first-order valence-electron chi connectivity index (χ1n) is 7.54. The molecule has 5 N–H and O–H groups in total. The Kier molecular flexibility index (Phi) is 5.55. The number of carbonyl (C=O) groups is 2. The van der Waals surface area contributed by atoms with E-state index in [9.17, 15) is 14.7 Å². The van der Waals surface area contributed by atoms with Gasteiger partial charge < -0.3 is 21.3 Å². The third-order valence-corrected chi connectivity index (χ3v) is 3.66. The van der Waals surface area contributed by atoms with Crippen LogP contribution in [0, 0.1) is 0 Å². The van der Waals surface area contributed by atoms with Crippen molar-refractivity contribution in [3.63, 3.8) is 0 Å². The van der Waals surface area contributed by atoms with Crippen LogP contribution in [0.1, 0.15) is 22.8 Å². The van der Waals surface area contributed by atoms with Crippen LogP contribution in [0.25, 0.3) is 0 Å². The summed E-state index contributed by atoms with van der Waals surface area (Å²) in [7, 11) is 0. The maximum Gasteiger partial charge on any atom is 0.325 e. The molecule has 0 spiro atoms. The molecular formula is C18H20N2O4. The Morgan fingerprint density at radius 3 is 2.38 bits per heavy atom. The summed E-state index contributed by atoms with van der Waals surface area (Å²) in [6.07, 6.45) is 0.321. The first-order valence-corrected chi connectivity index (χ1v) is 7.54. The summed E-state index contributed by atoms with van der Waals surface area (Å²) in [6, 6.07) is 11.6. The lowest BCUT2D eigenvalue weighted by molar-refractivity contribution is -0.137. The Bertz CT molecular complexity index is 728. The van der Waals surface area contributed by atoms with E-state index in [2.05, 4.69) is 5.32 Å². The van der Waals surface area contributed by atoms with E-state index in [1.54, 1.807) is 36.4 Å². The first-order chi connectivity index (χ1) is 11.4. The monoisotopic (exact) mass is 328 g/mol. The predicted molar refractivity (Wildman–Crippen MR) is 91.3 cm³/mol. The van der Waals surface area contributed by atoms with Crippen molar-refractivity contribution in [2.75, 3.05) is 5.32 Å². The Morgan fingerprint density at radius 1 is 1.12 bits per heavy atom. The Hall–Kier alpha value is -2.86. The number of nitrogens with one attached hydrogen (secondary N) is 1. The summed E-state index contributed by atoms with van der Waals surface area (Å²) in [5.41, 5.74) is 7.66. The second-order valence-corrected chi connectivity index (χ2v) is 5.59. The number of hydrogen-bond acceptors (Lipinski definition) is 5. The maximum atomic E-state index is 12.6. The van der Waals surface area contributed by atoms with Crippen molar-refractivity contribution in [1.29, 1.82) is 0 Å².